The summed E-state index contributed by atoms with van der Waals surface area (Å²) in [6.07, 6.45) is 5.22. The summed E-state index contributed by atoms with van der Waals surface area (Å²) in [6, 6.07) is 1.79. The Hall–Kier alpha value is -1.75. The number of imidazole rings is 1. The van der Waals surface area contributed by atoms with E-state index in [2.05, 4.69) is 46.0 Å². The second-order valence-electron chi connectivity index (χ2n) is 4.93. The number of hydrogen-bond donors (Lipinski definition) is 2. The monoisotopic (exact) mass is 231 g/mol. The third-order valence-corrected chi connectivity index (χ3v) is 2.22. The van der Waals surface area contributed by atoms with Gasteiger partial charge in [0.2, 0.25) is 0 Å². The fraction of sp³-hybridized carbons (Fsp3) is 0.417. The quantitative estimate of drug-likeness (QED) is 0.844. The zero-order chi connectivity index (χ0) is 12.3. The summed E-state index contributed by atoms with van der Waals surface area (Å²) in [5.41, 5.74) is 1.12. The van der Waals surface area contributed by atoms with E-state index in [1.54, 1.807) is 18.5 Å². The van der Waals surface area contributed by atoms with Crippen molar-refractivity contribution < 1.29 is 0 Å². The van der Waals surface area contributed by atoms with E-state index in [0.29, 0.717) is 11.6 Å². The van der Waals surface area contributed by atoms with E-state index in [0.717, 1.165) is 12.2 Å². The Labute approximate surface area is 101 Å². The van der Waals surface area contributed by atoms with Crippen molar-refractivity contribution in [1.29, 1.82) is 0 Å². The van der Waals surface area contributed by atoms with Gasteiger partial charge in [0.1, 0.15) is 0 Å². The SMILES string of the molecule is CC(C)(C)NCc1cnc(-c2ncccn2)[nH]1. The molecule has 0 saturated heterocycles. The molecular weight excluding hydrogens is 214 g/mol. The fourth-order valence-corrected chi connectivity index (χ4v) is 1.34. The van der Waals surface area contributed by atoms with Crippen LogP contribution in [0, 0.1) is 0 Å². The van der Waals surface area contributed by atoms with Crippen LogP contribution in [-0.4, -0.2) is 25.5 Å². The van der Waals surface area contributed by atoms with Gasteiger partial charge in [-0.05, 0) is 26.8 Å². The largest absolute Gasteiger partial charge is 0.338 e. The van der Waals surface area contributed by atoms with Crippen molar-refractivity contribution in [2.75, 3.05) is 0 Å². The van der Waals surface area contributed by atoms with Gasteiger partial charge >= 0.3 is 0 Å². The molecule has 2 aromatic heterocycles. The second-order valence-corrected chi connectivity index (χ2v) is 4.93. The Morgan fingerprint density at radius 3 is 2.53 bits per heavy atom. The molecule has 0 amide bonds. The Balaban J connectivity index is 2.07. The van der Waals surface area contributed by atoms with Gasteiger partial charge < -0.3 is 10.3 Å². The topological polar surface area (TPSA) is 66.5 Å². The van der Waals surface area contributed by atoms with E-state index in [-0.39, 0.29) is 5.54 Å². The van der Waals surface area contributed by atoms with Crippen molar-refractivity contribution in [1.82, 2.24) is 25.3 Å². The lowest BCUT2D eigenvalue weighted by atomic mass is 10.1. The highest BCUT2D eigenvalue weighted by molar-refractivity contribution is 5.42. The van der Waals surface area contributed by atoms with Gasteiger partial charge in [-0.15, -0.1) is 0 Å². The first kappa shape index (κ1) is 11.7. The number of nitrogens with one attached hydrogen (secondary N) is 2. The molecule has 0 unspecified atom stereocenters. The predicted molar refractivity (Wildman–Crippen MR) is 66.2 cm³/mol. The van der Waals surface area contributed by atoms with Gasteiger partial charge in [0.25, 0.3) is 0 Å². The summed E-state index contributed by atoms with van der Waals surface area (Å²) in [7, 11) is 0. The lowest BCUT2D eigenvalue weighted by molar-refractivity contribution is 0.422. The first-order valence-electron chi connectivity index (χ1n) is 5.61. The second kappa shape index (κ2) is 4.63. The van der Waals surface area contributed by atoms with Crippen LogP contribution in [-0.2, 0) is 6.54 Å². The molecular formula is C12H17N5. The maximum atomic E-state index is 4.27. The van der Waals surface area contributed by atoms with E-state index in [1.807, 2.05) is 6.20 Å². The van der Waals surface area contributed by atoms with Crippen LogP contribution in [0.4, 0.5) is 0 Å². The van der Waals surface area contributed by atoms with E-state index < -0.39 is 0 Å². The molecule has 90 valence electrons. The highest BCUT2D eigenvalue weighted by Gasteiger charge is 2.10. The van der Waals surface area contributed by atoms with E-state index in [4.69, 9.17) is 0 Å². The Bertz CT molecular complexity index is 469. The summed E-state index contributed by atoms with van der Waals surface area (Å²) < 4.78 is 0. The molecule has 5 nitrogen and oxygen atoms in total. The molecule has 0 aliphatic rings. The number of hydrogen-bond acceptors (Lipinski definition) is 4. The molecule has 2 rings (SSSR count). The number of rotatable bonds is 3. The van der Waals surface area contributed by atoms with Gasteiger partial charge in [-0.2, -0.15) is 0 Å². The van der Waals surface area contributed by atoms with E-state index in [9.17, 15) is 0 Å². The molecule has 0 aliphatic carbocycles. The number of H-pyrrole nitrogens is 1. The number of nitrogens with zero attached hydrogens (tertiary/aromatic N) is 3. The molecule has 0 aliphatic heterocycles. The molecule has 17 heavy (non-hydrogen) atoms. The van der Waals surface area contributed by atoms with Crippen molar-refractivity contribution in [2.24, 2.45) is 0 Å². The van der Waals surface area contributed by atoms with Crippen LogP contribution < -0.4 is 5.32 Å². The fourth-order valence-electron chi connectivity index (χ4n) is 1.34. The molecule has 2 aromatic rings. The normalized spacial score (nSPS) is 11.7. The first-order chi connectivity index (χ1) is 8.04. The average Bonchev–Trinajstić information content (AvgIpc) is 2.75. The van der Waals surface area contributed by atoms with Gasteiger partial charge in [-0.3, -0.25) is 0 Å². The van der Waals surface area contributed by atoms with Crippen LogP contribution in [0.25, 0.3) is 11.6 Å². The molecule has 0 aromatic carbocycles. The molecule has 0 radical (unpaired) electrons. The summed E-state index contributed by atoms with van der Waals surface area (Å²) in [4.78, 5) is 15.8. The first-order valence-corrected chi connectivity index (χ1v) is 5.61. The van der Waals surface area contributed by atoms with Crippen molar-refractivity contribution >= 4 is 0 Å². The molecule has 0 fully saturated rings. The smallest absolute Gasteiger partial charge is 0.195 e. The van der Waals surface area contributed by atoms with Gasteiger partial charge in [0.15, 0.2) is 11.6 Å². The van der Waals surface area contributed by atoms with E-state index >= 15 is 0 Å². The molecule has 0 atom stereocenters. The molecule has 5 heteroatoms. The maximum absolute atomic E-state index is 4.27. The minimum atomic E-state index is 0.0918. The van der Waals surface area contributed by atoms with Crippen molar-refractivity contribution in [3.8, 4) is 11.6 Å². The number of aromatic nitrogens is 4. The highest BCUT2D eigenvalue weighted by atomic mass is 15.0. The van der Waals surface area contributed by atoms with Crippen LogP contribution in [0.2, 0.25) is 0 Å². The van der Waals surface area contributed by atoms with Gasteiger partial charge in [0.05, 0.1) is 6.20 Å². The van der Waals surface area contributed by atoms with Crippen molar-refractivity contribution in [2.45, 2.75) is 32.9 Å². The summed E-state index contributed by atoms with van der Waals surface area (Å²) in [6.45, 7) is 7.14. The minimum absolute atomic E-state index is 0.0918. The zero-order valence-electron chi connectivity index (χ0n) is 10.4. The third-order valence-electron chi connectivity index (χ3n) is 2.22. The van der Waals surface area contributed by atoms with Crippen molar-refractivity contribution in [3.63, 3.8) is 0 Å². The summed E-state index contributed by atoms with van der Waals surface area (Å²) >= 11 is 0. The molecule has 0 saturated carbocycles. The predicted octanol–water partition coefficient (Wildman–Crippen LogP) is 1.75. The molecule has 2 N–H and O–H groups in total. The zero-order valence-corrected chi connectivity index (χ0v) is 10.4. The lowest BCUT2D eigenvalue weighted by Gasteiger charge is -2.19. The Morgan fingerprint density at radius 1 is 1.18 bits per heavy atom. The van der Waals surface area contributed by atoms with Gasteiger partial charge in [-0.1, -0.05) is 0 Å². The third kappa shape index (κ3) is 3.35. The van der Waals surface area contributed by atoms with Crippen LogP contribution in [0.3, 0.4) is 0 Å². The lowest BCUT2D eigenvalue weighted by Crippen LogP contribution is -2.35. The minimum Gasteiger partial charge on any atom is -0.338 e. The molecule has 0 bridgehead atoms. The van der Waals surface area contributed by atoms with Crippen LogP contribution in [0.5, 0.6) is 0 Å². The summed E-state index contributed by atoms with van der Waals surface area (Å²) in [5.74, 6) is 1.32. The van der Waals surface area contributed by atoms with Crippen LogP contribution in [0.15, 0.2) is 24.7 Å². The van der Waals surface area contributed by atoms with Gasteiger partial charge in [0, 0.05) is 30.2 Å². The van der Waals surface area contributed by atoms with Crippen molar-refractivity contribution in [3.05, 3.63) is 30.4 Å². The maximum Gasteiger partial charge on any atom is 0.195 e. The van der Waals surface area contributed by atoms with Crippen LogP contribution in [0.1, 0.15) is 26.5 Å². The Morgan fingerprint density at radius 2 is 1.88 bits per heavy atom. The van der Waals surface area contributed by atoms with E-state index in [1.165, 1.54) is 0 Å². The van der Waals surface area contributed by atoms with Gasteiger partial charge in [-0.25, -0.2) is 15.0 Å². The molecule has 0 spiro atoms. The Kier molecular flexibility index (Phi) is 3.19. The van der Waals surface area contributed by atoms with Crippen LogP contribution >= 0.6 is 0 Å². The standard InChI is InChI=1S/C12H17N5/c1-12(2,3)16-8-9-7-15-11(17-9)10-13-5-4-6-14-10/h4-7,16H,8H2,1-3H3,(H,15,17). The number of aromatic amines is 1. The molecule has 2 heterocycles. The summed E-state index contributed by atoms with van der Waals surface area (Å²) in [5, 5.41) is 3.39. The average molecular weight is 231 g/mol. The highest BCUT2D eigenvalue weighted by Crippen LogP contribution is 2.09.